The van der Waals surface area contributed by atoms with Gasteiger partial charge in [0, 0.05) is 48.2 Å². The van der Waals surface area contributed by atoms with E-state index in [9.17, 15) is 15.0 Å². The first kappa shape index (κ1) is 29.3. The number of amides is 1. The Morgan fingerprint density at radius 3 is 2.42 bits per heavy atom. The predicted octanol–water partition coefficient (Wildman–Crippen LogP) is 4.38. The van der Waals surface area contributed by atoms with Crippen LogP contribution in [0.3, 0.4) is 0 Å². The first-order chi connectivity index (χ1) is 18.9. The summed E-state index contributed by atoms with van der Waals surface area (Å²) < 4.78 is 23.2. The van der Waals surface area contributed by atoms with Crippen molar-refractivity contribution in [1.29, 1.82) is 0 Å². The van der Waals surface area contributed by atoms with Gasteiger partial charge in [0.05, 0.1) is 19.3 Å². The first-order valence-electron chi connectivity index (χ1n) is 13.0. The molecule has 0 spiro atoms. The number of hydrogen-bond donors (Lipinski definition) is 2. The molecule has 40 heavy (non-hydrogen) atoms. The highest BCUT2D eigenvalue weighted by Crippen LogP contribution is 2.38. The average molecular weight is 565 g/mol. The molecule has 210 valence electrons. The maximum Gasteiger partial charge on any atom is 0.272 e. The molecule has 1 amide bonds. The Morgan fingerprint density at radius 2 is 1.77 bits per heavy atom. The van der Waals surface area contributed by atoms with Crippen molar-refractivity contribution < 1.29 is 24.1 Å². The number of carbonyl (C=O) groups excluding carboxylic acids is 1. The lowest BCUT2D eigenvalue weighted by Gasteiger charge is -2.29. The molecule has 10 heteroatoms. The molecular formula is C30H33FN4O4S. The summed E-state index contributed by atoms with van der Waals surface area (Å²) in [7, 11) is 0. The Kier molecular flexibility index (Phi) is 9.24. The van der Waals surface area contributed by atoms with Gasteiger partial charge in [-0.2, -0.15) is 18.6 Å². The van der Waals surface area contributed by atoms with Crippen LogP contribution in [0.5, 0.6) is 5.75 Å². The zero-order valence-corrected chi connectivity index (χ0v) is 23.4. The van der Waals surface area contributed by atoms with Crippen molar-refractivity contribution in [3.8, 4) is 28.1 Å². The highest BCUT2D eigenvalue weighted by molar-refractivity contribution is 7.59. The quantitative estimate of drug-likeness (QED) is 0.313. The van der Waals surface area contributed by atoms with E-state index < -0.39 is 18.5 Å². The number of β-amino-alcohol motifs (C(OH)–C–C–N with tert-alkyl or cyclic N) is 1. The predicted molar refractivity (Wildman–Crippen MR) is 155 cm³/mol. The third kappa shape index (κ3) is 6.04. The summed E-state index contributed by atoms with van der Waals surface area (Å²) in [4.78, 5) is 19.0. The number of pyridine rings is 1. The molecule has 1 unspecified atom stereocenters. The van der Waals surface area contributed by atoms with Gasteiger partial charge in [0.15, 0.2) is 0 Å². The van der Waals surface area contributed by atoms with Crippen LogP contribution in [0.4, 0.5) is 4.39 Å². The van der Waals surface area contributed by atoms with Crippen LogP contribution in [-0.4, -0.2) is 61.6 Å². The van der Waals surface area contributed by atoms with Gasteiger partial charge in [0.2, 0.25) is 0 Å². The maximum atomic E-state index is 15.7. The maximum absolute atomic E-state index is 15.7. The van der Waals surface area contributed by atoms with Crippen LogP contribution in [0, 0.1) is 5.82 Å². The summed E-state index contributed by atoms with van der Waals surface area (Å²) in [5, 5.41) is 23.9. The lowest BCUT2D eigenvalue weighted by atomic mass is 9.97. The van der Waals surface area contributed by atoms with Crippen LogP contribution in [0.2, 0.25) is 0 Å². The van der Waals surface area contributed by atoms with E-state index in [0.717, 1.165) is 5.56 Å². The third-order valence-corrected chi connectivity index (χ3v) is 6.88. The number of ether oxygens (including phenoxy) is 1. The molecule has 1 aliphatic heterocycles. The van der Waals surface area contributed by atoms with Crippen molar-refractivity contribution in [1.82, 2.24) is 19.7 Å². The van der Waals surface area contributed by atoms with Gasteiger partial charge < -0.3 is 19.8 Å². The SMILES string of the molecule is CC(C)c1ccc(COc2ccc(-c3c(-c4ccncc4)nn4c3C(=O)N(CC(O)CO)CC4)c(F)c2)cc1.S. The molecule has 4 aromatic rings. The number of nitrogens with zero attached hydrogens (tertiary/aromatic N) is 4. The van der Waals surface area contributed by atoms with Crippen LogP contribution in [0.1, 0.15) is 41.4 Å². The van der Waals surface area contributed by atoms with Gasteiger partial charge in [-0.1, -0.05) is 38.1 Å². The minimum atomic E-state index is -1.07. The molecule has 0 fully saturated rings. The zero-order valence-electron chi connectivity index (χ0n) is 22.4. The molecule has 0 aliphatic carbocycles. The van der Waals surface area contributed by atoms with Crippen LogP contribution in [-0.2, 0) is 13.2 Å². The van der Waals surface area contributed by atoms with Gasteiger partial charge in [-0.05, 0) is 41.3 Å². The number of rotatable bonds is 9. The largest absolute Gasteiger partial charge is 0.489 e. The van der Waals surface area contributed by atoms with Crippen molar-refractivity contribution in [3.05, 3.63) is 89.6 Å². The summed E-state index contributed by atoms with van der Waals surface area (Å²) in [5.41, 5.74) is 4.19. The van der Waals surface area contributed by atoms with E-state index >= 15 is 4.39 Å². The molecule has 2 N–H and O–H groups in total. The van der Waals surface area contributed by atoms with Crippen molar-refractivity contribution in [2.75, 3.05) is 19.7 Å². The summed E-state index contributed by atoms with van der Waals surface area (Å²) >= 11 is 0. The topological polar surface area (TPSA) is 101 Å². The molecule has 0 radical (unpaired) electrons. The molecule has 8 nitrogen and oxygen atoms in total. The Bertz CT molecular complexity index is 1460. The fourth-order valence-electron chi connectivity index (χ4n) is 4.71. The van der Waals surface area contributed by atoms with Gasteiger partial charge in [-0.25, -0.2) is 4.39 Å². The molecular weight excluding hydrogens is 531 g/mol. The lowest BCUT2D eigenvalue weighted by Crippen LogP contribution is -2.45. The standard InChI is InChI=1S/C30H31FN4O4.H2S/c1-19(2)21-5-3-20(4-6-21)18-39-24-7-8-25(26(31)15-24)27-28(22-9-11-32-12-10-22)33-35-14-13-34(16-23(37)17-36)30(38)29(27)35;/h3-12,15,19,23,36-37H,13-14,16-18H2,1-2H3;1H2. The second-order valence-corrected chi connectivity index (χ2v) is 9.95. The Hall–Kier alpha value is -3.73. The summed E-state index contributed by atoms with van der Waals surface area (Å²) in [6.45, 7) is 4.76. The van der Waals surface area contributed by atoms with E-state index in [4.69, 9.17) is 4.74 Å². The molecule has 1 aliphatic rings. The molecule has 0 saturated heterocycles. The zero-order chi connectivity index (χ0) is 27.5. The highest BCUT2D eigenvalue weighted by atomic mass is 32.1. The summed E-state index contributed by atoms with van der Waals surface area (Å²) in [6, 6.07) is 16.3. The van der Waals surface area contributed by atoms with E-state index in [2.05, 4.69) is 36.1 Å². The second-order valence-electron chi connectivity index (χ2n) is 9.95. The van der Waals surface area contributed by atoms with Crippen LogP contribution in [0.15, 0.2) is 67.0 Å². The fraction of sp³-hybridized carbons (Fsp3) is 0.300. The van der Waals surface area contributed by atoms with Crippen LogP contribution in [0.25, 0.3) is 22.4 Å². The Balaban J connectivity index is 0.00000370. The fourth-order valence-corrected chi connectivity index (χ4v) is 4.71. The van der Waals surface area contributed by atoms with E-state index in [1.807, 2.05) is 12.1 Å². The van der Waals surface area contributed by atoms with Gasteiger partial charge in [-0.3, -0.25) is 14.5 Å². The number of aliphatic hydroxyl groups is 2. The molecule has 2 aromatic heterocycles. The van der Waals surface area contributed by atoms with Crippen molar-refractivity contribution in [2.24, 2.45) is 0 Å². The molecule has 3 heterocycles. The highest BCUT2D eigenvalue weighted by Gasteiger charge is 2.34. The number of hydrogen-bond acceptors (Lipinski definition) is 6. The molecule has 0 saturated carbocycles. The van der Waals surface area contributed by atoms with E-state index in [1.165, 1.54) is 16.5 Å². The minimum absolute atomic E-state index is 0. The Labute approximate surface area is 239 Å². The average Bonchev–Trinajstić information content (AvgIpc) is 3.34. The number of aromatic nitrogens is 3. The van der Waals surface area contributed by atoms with E-state index in [-0.39, 0.29) is 37.2 Å². The van der Waals surface area contributed by atoms with Gasteiger partial charge >= 0.3 is 0 Å². The smallest absolute Gasteiger partial charge is 0.272 e. The number of aliphatic hydroxyl groups excluding tert-OH is 2. The van der Waals surface area contributed by atoms with E-state index in [0.29, 0.717) is 48.2 Å². The van der Waals surface area contributed by atoms with Gasteiger partial charge in [0.25, 0.3) is 5.91 Å². The monoisotopic (exact) mass is 564 g/mol. The van der Waals surface area contributed by atoms with Crippen molar-refractivity contribution in [3.63, 3.8) is 0 Å². The molecule has 0 bridgehead atoms. The van der Waals surface area contributed by atoms with E-state index in [1.54, 1.807) is 41.3 Å². The number of benzene rings is 2. The van der Waals surface area contributed by atoms with Crippen LogP contribution >= 0.6 is 13.5 Å². The number of carbonyl (C=O) groups is 1. The molecule has 5 rings (SSSR count). The molecule has 2 aromatic carbocycles. The van der Waals surface area contributed by atoms with Gasteiger partial charge in [0.1, 0.15) is 29.6 Å². The van der Waals surface area contributed by atoms with Crippen molar-refractivity contribution in [2.45, 2.75) is 39.0 Å². The summed E-state index contributed by atoms with van der Waals surface area (Å²) in [5.74, 6) is -0.128. The van der Waals surface area contributed by atoms with Crippen LogP contribution < -0.4 is 4.74 Å². The third-order valence-electron chi connectivity index (χ3n) is 6.88. The molecule has 1 atom stereocenters. The minimum Gasteiger partial charge on any atom is -0.489 e. The lowest BCUT2D eigenvalue weighted by molar-refractivity contribution is 0.0406. The number of fused-ring (bicyclic) bond motifs is 1. The normalized spacial score (nSPS) is 13.7. The van der Waals surface area contributed by atoms with Gasteiger partial charge in [-0.15, -0.1) is 0 Å². The Morgan fingerprint density at radius 1 is 1.05 bits per heavy atom. The number of halogens is 1. The first-order valence-corrected chi connectivity index (χ1v) is 13.0. The van der Waals surface area contributed by atoms with Crippen molar-refractivity contribution >= 4 is 19.4 Å². The second kappa shape index (κ2) is 12.6. The summed E-state index contributed by atoms with van der Waals surface area (Å²) in [6.07, 6.45) is 2.16.